The Balaban J connectivity index is 2.54. The molecule has 0 aliphatic carbocycles. The zero-order valence-corrected chi connectivity index (χ0v) is 20.8. The Morgan fingerprint density at radius 1 is 0.647 bits per heavy atom. The number of aromatic carboxylic acids is 2. The molecule has 0 aromatic heterocycles. The smallest absolute Gasteiger partial charge is 0.335 e. The summed E-state index contributed by atoms with van der Waals surface area (Å²) in [6.45, 7) is 12.2. The molecule has 0 spiro atoms. The maximum Gasteiger partial charge on any atom is 0.335 e. The van der Waals surface area contributed by atoms with Gasteiger partial charge in [0.05, 0.1) is 11.1 Å². The molecule has 3 rings (SSSR count). The minimum atomic E-state index is -1.13. The van der Waals surface area contributed by atoms with Gasteiger partial charge in [0.15, 0.2) is 0 Å². The molecule has 0 bridgehead atoms. The number of benzene rings is 3. The van der Waals surface area contributed by atoms with E-state index in [0.717, 1.165) is 16.4 Å². The van der Waals surface area contributed by atoms with Gasteiger partial charge in [0.1, 0.15) is 0 Å². The minimum absolute atomic E-state index is 0.00847. The van der Waals surface area contributed by atoms with Crippen LogP contribution in [0.3, 0.4) is 0 Å². The molecule has 34 heavy (non-hydrogen) atoms. The summed E-state index contributed by atoms with van der Waals surface area (Å²) in [5.41, 5.74) is 5.95. The van der Waals surface area contributed by atoms with Gasteiger partial charge >= 0.3 is 11.9 Å². The topological polar surface area (TPSA) is 74.6 Å². The summed E-state index contributed by atoms with van der Waals surface area (Å²) >= 11 is 0. The van der Waals surface area contributed by atoms with Crippen LogP contribution in [0, 0.1) is 0 Å². The van der Waals surface area contributed by atoms with Crippen molar-refractivity contribution in [2.75, 3.05) is 0 Å². The van der Waals surface area contributed by atoms with E-state index < -0.39 is 11.9 Å². The quantitative estimate of drug-likeness (QED) is 0.470. The van der Waals surface area contributed by atoms with Crippen molar-refractivity contribution in [2.24, 2.45) is 0 Å². The fourth-order valence-electron chi connectivity index (χ4n) is 4.96. The fraction of sp³-hybridized carbons (Fsp3) is 0.310. The molecular weight excluding hydrogens is 423 g/mol. The van der Waals surface area contributed by atoms with Crippen LogP contribution >= 0.6 is 0 Å². The van der Waals surface area contributed by atoms with E-state index in [0.29, 0.717) is 5.56 Å². The highest BCUT2D eigenvalue weighted by atomic mass is 16.4. The van der Waals surface area contributed by atoms with Gasteiger partial charge in [0.2, 0.25) is 6.71 Å². The number of hydrogen-bond donors (Lipinski definition) is 2. The van der Waals surface area contributed by atoms with Crippen molar-refractivity contribution in [1.29, 1.82) is 0 Å². The Bertz CT molecular complexity index is 1160. The van der Waals surface area contributed by atoms with Crippen LogP contribution in [-0.2, 0) is 0 Å². The van der Waals surface area contributed by atoms with Gasteiger partial charge < -0.3 is 10.2 Å². The first-order valence-corrected chi connectivity index (χ1v) is 11.9. The predicted octanol–water partition coefficient (Wildman–Crippen LogP) is 4.97. The van der Waals surface area contributed by atoms with Gasteiger partial charge in [0.25, 0.3) is 0 Å². The lowest BCUT2D eigenvalue weighted by Crippen LogP contribution is -2.56. The lowest BCUT2D eigenvalue weighted by molar-refractivity contribution is 0.0695. The number of carbonyl (C=O) groups is 2. The first-order valence-electron chi connectivity index (χ1n) is 11.9. The molecule has 0 heterocycles. The van der Waals surface area contributed by atoms with Crippen molar-refractivity contribution in [3.63, 3.8) is 0 Å². The molecule has 0 radical (unpaired) electrons. The maximum atomic E-state index is 12.3. The maximum absolute atomic E-state index is 12.3. The summed E-state index contributed by atoms with van der Waals surface area (Å²) in [6, 6.07) is 19.4. The van der Waals surface area contributed by atoms with E-state index >= 15 is 0 Å². The largest absolute Gasteiger partial charge is 0.478 e. The molecule has 0 aliphatic rings. The third-order valence-electron chi connectivity index (χ3n) is 6.44. The minimum Gasteiger partial charge on any atom is -0.478 e. The average Bonchev–Trinajstić information content (AvgIpc) is 2.78. The van der Waals surface area contributed by atoms with Crippen molar-refractivity contribution in [3.8, 4) is 0 Å². The van der Waals surface area contributed by atoms with Gasteiger partial charge in [-0.1, -0.05) is 124 Å². The Hall–Kier alpha value is -3.34. The Kier molecular flexibility index (Phi) is 7.66. The van der Waals surface area contributed by atoms with E-state index in [-0.39, 0.29) is 35.6 Å². The van der Waals surface area contributed by atoms with Crippen molar-refractivity contribution in [2.45, 2.75) is 59.3 Å². The standard InChI is InChI=1S/C29H33BO4/c1-17(2)21-11-7-9-13-24(21)30(25-14-10-8-12-22(25)18(3)4)26-16-20(28(31)32)15-23(29(33)34)27(26)19(5)6/h7-19H,1-6H3,(H,31,32)(H,33,34). The zero-order chi connectivity index (χ0) is 25.2. The average molecular weight is 456 g/mol. The monoisotopic (exact) mass is 456 g/mol. The molecule has 4 nitrogen and oxygen atoms in total. The number of carboxylic acid groups (broad SMARTS) is 2. The summed E-state index contributed by atoms with van der Waals surface area (Å²) in [5.74, 6) is -1.86. The van der Waals surface area contributed by atoms with E-state index in [1.54, 1.807) is 6.07 Å². The third kappa shape index (κ3) is 4.94. The van der Waals surface area contributed by atoms with Crippen molar-refractivity contribution in [1.82, 2.24) is 0 Å². The second-order valence-electron chi connectivity index (χ2n) is 9.79. The molecule has 3 aromatic carbocycles. The summed E-state index contributed by atoms with van der Waals surface area (Å²) in [6.07, 6.45) is 0. The lowest BCUT2D eigenvalue weighted by Gasteiger charge is -2.28. The van der Waals surface area contributed by atoms with Crippen LogP contribution in [-0.4, -0.2) is 28.9 Å². The van der Waals surface area contributed by atoms with E-state index in [1.807, 2.05) is 38.1 Å². The van der Waals surface area contributed by atoms with Crippen LogP contribution in [0.2, 0.25) is 0 Å². The zero-order valence-electron chi connectivity index (χ0n) is 20.8. The fourth-order valence-corrected chi connectivity index (χ4v) is 4.96. The Morgan fingerprint density at radius 3 is 1.50 bits per heavy atom. The molecule has 0 aliphatic heterocycles. The van der Waals surface area contributed by atoms with Gasteiger partial charge in [-0.05, 0) is 29.4 Å². The summed E-state index contributed by atoms with van der Waals surface area (Å²) in [4.78, 5) is 24.4. The Morgan fingerprint density at radius 2 is 1.12 bits per heavy atom. The van der Waals surface area contributed by atoms with Gasteiger partial charge in [-0.2, -0.15) is 0 Å². The first kappa shape index (κ1) is 25.3. The van der Waals surface area contributed by atoms with Crippen LogP contribution in [0.4, 0.5) is 0 Å². The van der Waals surface area contributed by atoms with Gasteiger partial charge in [0, 0.05) is 0 Å². The highest BCUT2D eigenvalue weighted by Gasteiger charge is 2.33. The van der Waals surface area contributed by atoms with E-state index in [2.05, 4.69) is 52.0 Å². The molecule has 0 amide bonds. The number of rotatable bonds is 8. The predicted molar refractivity (Wildman–Crippen MR) is 140 cm³/mol. The van der Waals surface area contributed by atoms with Crippen molar-refractivity contribution < 1.29 is 19.8 Å². The summed E-state index contributed by atoms with van der Waals surface area (Å²) in [5, 5.41) is 19.9. The molecule has 3 aromatic rings. The molecule has 2 N–H and O–H groups in total. The molecule has 0 saturated carbocycles. The summed E-state index contributed by atoms with van der Waals surface area (Å²) < 4.78 is 0. The molecule has 0 atom stereocenters. The van der Waals surface area contributed by atoms with E-state index in [9.17, 15) is 19.8 Å². The molecule has 5 heteroatoms. The number of carboxylic acids is 2. The highest BCUT2D eigenvalue weighted by molar-refractivity contribution is 6.96. The van der Waals surface area contributed by atoms with Crippen LogP contribution in [0.15, 0.2) is 60.7 Å². The van der Waals surface area contributed by atoms with Crippen molar-refractivity contribution >= 4 is 35.0 Å². The van der Waals surface area contributed by atoms with Crippen molar-refractivity contribution in [3.05, 3.63) is 88.5 Å². The van der Waals surface area contributed by atoms with Gasteiger partial charge in [-0.15, -0.1) is 0 Å². The van der Waals surface area contributed by atoms with E-state index in [4.69, 9.17) is 0 Å². The SMILES string of the molecule is CC(C)c1ccccc1B(c1ccccc1C(C)C)c1cc(C(=O)O)cc(C(=O)O)c1C(C)C. The molecule has 0 fully saturated rings. The van der Waals surface area contributed by atoms with Crippen LogP contribution in [0.5, 0.6) is 0 Å². The molecule has 0 saturated heterocycles. The normalized spacial score (nSPS) is 11.3. The first-order chi connectivity index (χ1) is 16.0. The molecular formula is C29H33BO4. The van der Waals surface area contributed by atoms with Gasteiger partial charge in [-0.25, -0.2) is 9.59 Å². The van der Waals surface area contributed by atoms with E-state index in [1.165, 1.54) is 17.2 Å². The van der Waals surface area contributed by atoms with Crippen LogP contribution < -0.4 is 16.4 Å². The third-order valence-corrected chi connectivity index (χ3v) is 6.44. The van der Waals surface area contributed by atoms with Crippen LogP contribution in [0.1, 0.15) is 96.7 Å². The number of hydrogen-bond acceptors (Lipinski definition) is 2. The van der Waals surface area contributed by atoms with Gasteiger partial charge in [-0.3, -0.25) is 0 Å². The second-order valence-corrected chi connectivity index (χ2v) is 9.79. The van der Waals surface area contributed by atoms with Crippen LogP contribution in [0.25, 0.3) is 0 Å². The Labute approximate surface area is 202 Å². The second kappa shape index (κ2) is 10.3. The summed E-state index contributed by atoms with van der Waals surface area (Å²) in [7, 11) is 0. The highest BCUT2D eigenvalue weighted by Crippen LogP contribution is 2.23. The lowest BCUT2D eigenvalue weighted by atomic mass is 9.33. The molecule has 0 unspecified atom stereocenters. The molecule has 176 valence electrons.